The van der Waals surface area contributed by atoms with Crippen LogP contribution in [0.25, 0.3) is 0 Å². The number of rotatable bonds is 6. The molecule has 0 aromatic heterocycles. The highest BCUT2D eigenvalue weighted by atomic mass is 16.7. The van der Waals surface area contributed by atoms with Gasteiger partial charge in [0.2, 0.25) is 0 Å². The van der Waals surface area contributed by atoms with Gasteiger partial charge in [0.15, 0.2) is 0 Å². The SMILES string of the molecule is Cc1c(CNCC(=O)OC(C)(C)C)cc(B2OC(C)(C)C(C)(C)O2)cc1C(=O)O. The van der Waals surface area contributed by atoms with Crippen LogP contribution in [0.5, 0.6) is 0 Å². The van der Waals surface area contributed by atoms with Crippen molar-refractivity contribution >= 4 is 24.5 Å². The first kappa shape index (κ1) is 23.4. The van der Waals surface area contributed by atoms with Crippen molar-refractivity contribution in [1.82, 2.24) is 5.32 Å². The van der Waals surface area contributed by atoms with Crippen molar-refractivity contribution in [1.29, 1.82) is 0 Å². The predicted molar refractivity (Wildman–Crippen MR) is 111 cm³/mol. The van der Waals surface area contributed by atoms with Crippen molar-refractivity contribution in [2.75, 3.05) is 6.54 Å². The Labute approximate surface area is 173 Å². The number of nitrogens with one attached hydrogen (secondary N) is 1. The molecule has 8 heteroatoms. The maximum Gasteiger partial charge on any atom is 0.494 e. The van der Waals surface area contributed by atoms with Gasteiger partial charge in [-0.25, -0.2) is 4.79 Å². The molecular formula is C21H32BNO6. The lowest BCUT2D eigenvalue weighted by molar-refractivity contribution is -0.153. The number of benzene rings is 1. The van der Waals surface area contributed by atoms with Gasteiger partial charge < -0.3 is 24.5 Å². The van der Waals surface area contributed by atoms with Gasteiger partial charge in [0.25, 0.3) is 0 Å². The zero-order valence-corrected chi connectivity index (χ0v) is 18.6. The van der Waals surface area contributed by atoms with Crippen LogP contribution >= 0.6 is 0 Å². The van der Waals surface area contributed by atoms with E-state index in [0.29, 0.717) is 17.6 Å². The van der Waals surface area contributed by atoms with Gasteiger partial charge in [-0.15, -0.1) is 0 Å². The molecule has 0 amide bonds. The number of hydrogen-bond donors (Lipinski definition) is 2. The standard InChI is InChI=1S/C21H32BNO6/c1-13-14(11-23-12-17(24)27-19(2,3)4)9-15(10-16(13)18(25)26)22-28-20(5,6)21(7,8)29-22/h9-10,23H,11-12H2,1-8H3,(H,25,26). The van der Waals surface area contributed by atoms with Gasteiger partial charge in [-0.2, -0.15) is 0 Å². The zero-order chi connectivity index (χ0) is 22.2. The van der Waals surface area contributed by atoms with E-state index in [9.17, 15) is 14.7 Å². The number of carbonyl (C=O) groups is 2. The number of ether oxygens (including phenoxy) is 1. The van der Waals surface area contributed by atoms with Gasteiger partial charge in [0.05, 0.1) is 23.3 Å². The zero-order valence-electron chi connectivity index (χ0n) is 18.6. The monoisotopic (exact) mass is 405 g/mol. The average Bonchev–Trinajstić information content (AvgIpc) is 2.75. The summed E-state index contributed by atoms with van der Waals surface area (Å²) in [6.07, 6.45) is 0. The first-order valence-corrected chi connectivity index (χ1v) is 9.78. The van der Waals surface area contributed by atoms with E-state index in [1.54, 1.807) is 13.0 Å². The topological polar surface area (TPSA) is 94.1 Å². The maximum atomic E-state index is 11.9. The van der Waals surface area contributed by atoms with Gasteiger partial charge in [-0.3, -0.25) is 4.79 Å². The van der Waals surface area contributed by atoms with Crippen LogP contribution in [0.15, 0.2) is 12.1 Å². The molecule has 2 rings (SSSR count). The van der Waals surface area contributed by atoms with Crippen LogP contribution in [0.1, 0.15) is 70.0 Å². The fourth-order valence-electron chi connectivity index (χ4n) is 3.00. The lowest BCUT2D eigenvalue weighted by Gasteiger charge is -2.32. The number of carboxylic acids is 1. The third kappa shape index (κ3) is 5.59. The second-order valence-corrected chi connectivity index (χ2v) is 9.44. The molecule has 0 atom stereocenters. The van der Waals surface area contributed by atoms with Crippen molar-refractivity contribution < 1.29 is 28.7 Å². The van der Waals surface area contributed by atoms with E-state index in [2.05, 4.69) is 5.32 Å². The molecule has 0 bridgehead atoms. The van der Waals surface area contributed by atoms with Crippen molar-refractivity contribution in [2.45, 2.75) is 78.7 Å². The van der Waals surface area contributed by atoms with Crippen molar-refractivity contribution in [3.8, 4) is 0 Å². The molecular weight excluding hydrogens is 373 g/mol. The third-order valence-electron chi connectivity index (χ3n) is 5.30. The van der Waals surface area contributed by atoms with Crippen molar-refractivity contribution in [2.24, 2.45) is 0 Å². The normalized spacial score (nSPS) is 18.0. The quantitative estimate of drug-likeness (QED) is 0.555. The Balaban J connectivity index is 2.23. The summed E-state index contributed by atoms with van der Waals surface area (Å²) >= 11 is 0. The average molecular weight is 405 g/mol. The first-order valence-electron chi connectivity index (χ1n) is 9.78. The minimum absolute atomic E-state index is 0.0276. The van der Waals surface area contributed by atoms with E-state index in [-0.39, 0.29) is 18.1 Å². The van der Waals surface area contributed by atoms with Crippen LogP contribution in [0.3, 0.4) is 0 Å². The molecule has 1 aliphatic rings. The van der Waals surface area contributed by atoms with Gasteiger partial charge >= 0.3 is 19.1 Å². The summed E-state index contributed by atoms with van der Waals surface area (Å²) in [6, 6.07) is 3.46. The number of aromatic carboxylic acids is 1. The Hall–Kier alpha value is -1.90. The molecule has 29 heavy (non-hydrogen) atoms. The summed E-state index contributed by atoms with van der Waals surface area (Å²) in [4.78, 5) is 23.7. The highest BCUT2D eigenvalue weighted by Gasteiger charge is 2.51. The number of carboxylic acid groups (broad SMARTS) is 1. The smallest absolute Gasteiger partial charge is 0.478 e. The molecule has 0 aliphatic carbocycles. The summed E-state index contributed by atoms with van der Waals surface area (Å²) in [5.74, 6) is -1.38. The number of hydrogen-bond acceptors (Lipinski definition) is 6. The third-order valence-corrected chi connectivity index (χ3v) is 5.30. The lowest BCUT2D eigenvalue weighted by atomic mass is 9.76. The van der Waals surface area contributed by atoms with Crippen LogP contribution in [-0.2, 0) is 25.4 Å². The van der Waals surface area contributed by atoms with E-state index in [1.807, 2.05) is 54.5 Å². The second-order valence-electron chi connectivity index (χ2n) is 9.44. The van der Waals surface area contributed by atoms with Gasteiger partial charge in [-0.05, 0) is 78.0 Å². The highest BCUT2D eigenvalue weighted by Crippen LogP contribution is 2.36. The molecule has 0 saturated carbocycles. The van der Waals surface area contributed by atoms with Gasteiger partial charge in [-0.1, -0.05) is 6.07 Å². The molecule has 0 spiro atoms. The van der Waals surface area contributed by atoms with E-state index in [1.165, 1.54) is 0 Å². The maximum absolute atomic E-state index is 11.9. The molecule has 1 aromatic carbocycles. The molecule has 1 saturated heterocycles. The summed E-state index contributed by atoms with van der Waals surface area (Å²) in [7, 11) is -0.664. The number of carbonyl (C=O) groups excluding carboxylic acids is 1. The van der Waals surface area contributed by atoms with Crippen LogP contribution in [0, 0.1) is 6.92 Å². The Morgan fingerprint density at radius 3 is 2.17 bits per heavy atom. The Kier molecular flexibility index (Phi) is 6.52. The van der Waals surface area contributed by atoms with E-state index in [0.717, 1.165) is 5.56 Å². The summed E-state index contributed by atoms with van der Waals surface area (Å²) in [5, 5.41) is 12.7. The Morgan fingerprint density at radius 1 is 1.14 bits per heavy atom. The van der Waals surface area contributed by atoms with Gasteiger partial charge in [0.1, 0.15) is 5.60 Å². The van der Waals surface area contributed by atoms with Gasteiger partial charge in [0, 0.05) is 6.54 Å². The first-order chi connectivity index (χ1) is 13.1. The molecule has 0 unspecified atom stereocenters. The fourth-order valence-corrected chi connectivity index (χ4v) is 3.00. The largest absolute Gasteiger partial charge is 0.494 e. The lowest BCUT2D eigenvalue weighted by Crippen LogP contribution is -2.41. The fraction of sp³-hybridized carbons (Fsp3) is 0.619. The van der Waals surface area contributed by atoms with Crippen LogP contribution < -0.4 is 10.8 Å². The molecule has 160 valence electrons. The minimum Gasteiger partial charge on any atom is -0.478 e. The van der Waals surface area contributed by atoms with E-state index >= 15 is 0 Å². The van der Waals surface area contributed by atoms with Crippen LogP contribution in [-0.4, -0.2) is 47.5 Å². The van der Waals surface area contributed by atoms with E-state index < -0.39 is 29.9 Å². The second kappa shape index (κ2) is 8.09. The van der Waals surface area contributed by atoms with Crippen molar-refractivity contribution in [3.63, 3.8) is 0 Å². The summed E-state index contributed by atoms with van der Waals surface area (Å²) < 4.78 is 17.4. The molecule has 1 heterocycles. The Morgan fingerprint density at radius 2 is 1.69 bits per heavy atom. The van der Waals surface area contributed by atoms with Crippen LogP contribution in [0.4, 0.5) is 0 Å². The molecule has 7 nitrogen and oxygen atoms in total. The highest BCUT2D eigenvalue weighted by molar-refractivity contribution is 6.62. The molecule has 0 radical (unpaired) electrons. The molecule has 1 aliphatic heterocycles. The van der Waals surface area contributed by atoms with Crippen molar-refractivity contribution in [3.05, 3.63) is 28.8 Å². The summed E-state index contributed by atoms with van der Waals surface area (Å²) in [6.45, 7) is 15.3. The molecule has 1 fully saturated rings. The molecule has 2 N–H and O–H groups in total. The molecule has 1 aromatic rings. The Bertz CT molecular complexity index is 781. The summed E-state index contributed by atoms with van der Waals surface area (Å²) in [5.41, 5.74) is 0.615. The predicted octanol–water partition coefficient (Wildman–Crippen LogP) is 2.42. The minimum atomic E-state index is -1.02. The van der Waals surface area contributed by atoms with E-state index in [4.69, 9.17) is 14.0 Å². The number of esters is 1. The van der Waals surface area contributed by atoms with Crippen LogP contribution in [0.2, 0.25) is 0 Å².